The van der Waals surface area contributed by atoms with Gasteiger partial charge in [-0.15, -0.1) is 0 Å². The van der Waals surface area contributed by atoms with E-state index in [9.17, 15) is 4.79 Å². The van der Waals surface area contributed by atoms with Crippen LogP contribution in [-0.4, -0.2) is 28.3 Å². The van der Waals surface area contributed by atoms with E-state index in [1.807, 2.05) is 42.5 Å². The number of primary amides is 1. The Morgan fingerprint density at radius 3 is 2.18 bits per heavy atom. The summed E-state index contributed by atoms with van der Waals surface area (Å²) < 4.78 is 16.6. The minimum Gasteiger partial charge on any atom is -0.490 e. The fraction of sp³-hybridized carbons (Fsp3) is 0.280. The van der Waals surface area contributed by atoms with Crippen molar-refractivity contribution in [2.75, 3.05) is 0 Å². The molecule has 2 N–H and O–H groups in total. The van der Waals surface area contributed by atoms with Crippen LogP contribution in [0.5, 0.6) is 17.5 Å². The predicted molar refractivity (Wildman–Crippen MR) is 120 cm³/mol. The quantitative estimate of drug-likeness (QED) is 0.571. The Bertz CT molecular complexity index is 1160. The Kier molecular flexibility index (Phi) is 6.13. The number of benzene rings is 2. The smallest absolute Gasteiger partial charge is 0.404 e. The Hall–Kier alpha value is -4.12. The van der Waals surface area contributed by atoms with Gasteiger partial charge in [0.25, 0.3) is 0 Å². The fourth-order valence-corrected chi connectivity index (χ4v) is 3.68. The molecule has 8 heteroatoms. The number of carbonyl (C=O) groups excluding carboxylic acids is 1. The number of aromatic nitrogens is 2. The highest BCUT2D eigenvalue weighted by molar-refractivity contribution is 5.64. The Morgan fingerprint density at radius 2 is 1.61 bits per heavy atom. The highest BCUT2D eigenvalue weighted by Crippen LogP contribution is 2.35. The zero-order valence-electron chi connectivity index (χ0n) is 18.4. The summed E-state index contributed by atoms with van der Waals surface area (Å²) in [6.07, 6.45) is 1.92. The molecule has 168 valence electrons. The van der Waals surface area contributed by atoms with E-state index in [0.29, 0.717) is 18.6 Å². The number of nitrogens with zero attached hydrogens (tertiary/aromatic N) is 3. The SMILES string of the molecule is CC(C)(c1ccc(Oc2nccc(C#N)n2)cc1)c1ccc(O[C@H]2C[C@H](OC(N)=O)C2)cc1. The van der Waals surface area contributed by atoms with E-state index in [1.165, 1.54) is 12.3 Å². The van der Waals surface area contributed by atoms with E-state index in [-0.39, 0.29) is 29.3 Å². The summed E-state index contributed by atoms with van der Waals surface area (Å²) in [5, 5.41) is 8.95. The molecule has 0 saturated heterocycles. The third-order valence-electron chi connectivity index (χ3n) is 5.75. The Labute approximate surface area is 191 Å². The van der Waals surface area contributed by atoms with E-state index in [2.05, 4.69) is 35.9 Å². The Balaban J connectivity index is 1.38. The number of nitrogens with two attached hydrogens (primary N) is 1. The zero-order valence-corrected chi connectivity index (χ0v) is 18.4. The van der Waals surface area contributed by atoms with Crippen LogP contribution in [0.2, 0.25) is 0 Å². The van der Waals surface area contributed by atoms with E-state index >= 15 is 0 Å². The monoisotopic (exact) mass is 444 g/mol. The van der Waals surface area contributed by atoms with Crippen molar-refractivity contribution >= 4 is 6.09 Å². The third kappa shape index (κ3) is 5.21. The minimum atomic E-state index is -0.744. The van der Waals surface area contributed by atoms with Crippen LogP contribution in [0, 0.1) is 11.3 Å². The summed E-state index contributed by atoms with van der Waals surface area (Å²) in [4.78, 5) is 18.8. The van der Waals surface area contributed by atoms with Crippen molar-refractivity contribution in [3.8, 4) is 23.6 Å². The fourth-order valence-electron chi connectivity index (χ4n) is 3.68. The van der Waals surface area contributed by atoms with Crippen LogP contribution < -0.4 is 15.2 Å². The molecule has 3 aromatic rings. The maximum absolute atomic E-state index is 10.8. The number of nitriles is 1. The lowest BCUT2D eigenvalue weighted by Gasteiger charge is -2.34. The third-order valence-corrected chi connectivity index (χ3v) is 5.75. The van der Waals surface area contributed by atoms with Gasteiger partial charge in [0.2, 0.25) is 0 Å². The summed E-state index contributed by atoms with van der Waals surface area (Å²) in [5.74, 6) is 1.37. The van der Waals surface area contributed by atoms with Crippen molar-refractivity contribution < 1.29 is 19.0 Å². The number of hydrogen-bond acceptors (Lipinski definition) is 7. The van der Waals surface area contributed by atoms with Gasteiger partial charge >= 0.3 is 12.1 Å². The molecule has 1 amide bonds. The van der Waals surface area contributed by atoms with Gasteiger partial charge in [0, 0.05) is 24.5 Å². The Morgan fingerprint density at radius 1 is 1.00 bits per heavy atom. The van der Waals surface area contributed by atoms with Gasteiger partial charge in [-0.05, 0) is 41.5 Å². The van der Waals surface area contributed by atoms with Crippen LogP contribution in [-0.2, 0) is 10.2 Å². The van der Waals surface area contributed by atoms with Gasteiger partial charge in [-0.25, -0.2) is 9.78 Å². The molecule has 1 aromatic heterocycles. The highest BCUT2D eigenvalue weighted by atomic mass is 16.6. The topological polar surface area (TPSA) is 120 Å². The molecule has 4 rings (SSSR count). The molecule has 33 heavy (non-hydrogen) atoms. The number of carbonyl (C=O) groups is 1. The maximum Gasteiger partial charge on any atom is 0.404 e. The van der Waals surface area contributed by atoms with Crippen LogP contribution >= 0.6 is 0 Å². The van der Waals surface area contributed by atoms with Gasteiger partial charge in [0.15, 0.2) is 0 Å². The first-order valence-electron chi connectivity index (χ1n) is 10.6. The standard InChI is InChI=1S/C25H24N4O4/c1-25(2,16-3-7-19(8-4-16)31-21-13-22(14-21)32-23(27)30)17-5-9-20(10-6-17)33-24-28-12-11-18(15-26)29-24/h3-12,21-22H,13-14H2,1-2H3,(H2,27,30)/t21-,22-. The highest BCUT2D eigenvalue weighted by Gasteiger charge is 2.33. The predicted octanol–water partition coefficient (Wildman–Crippen LogP) is 4.47. The minimum absolute atomic E-state index is 0.0265. The first kappa shape index (κ1) is 22.1. The number of hydrogen-bond donors (Lipinski definition) is 1. The largest absolute Gasteiger partial charge is 0.490 e. The molecule has 0 aliphatic heterocycles. The summed E-state index contributed by atoms with van der Waals surface area (Å²) in [7, 11) is 0. The van der Waals surface area contributed by atoms with Crippen LogP contribution in [0.3, 0.4) is 0 Å². The van der Waals surface area contributed by atoms with Crippen LogP contribution in [0.15, 0.2) is 60.8 Å². The van der Waals surface area contributed by atoms with E-state index < -0.39 is 6.09 Å². The summed E-state index contributed by atoms with van der Waals surface area (Å²) >= 11 is 0. The lowest BCUT2D eigenvalue weighted by Crippen LogP contribution is -2.41. The van der Waals surface area contributed by atoms with Gasteiger partial charge in [0.1, 0.15) is 35.5 Å². The van der Waals surface area contributed by atoms with Crippen LogP contribution in [0.25, 0.3) is 0 Å². The van der Waals surface area contributed by atoms with Gasteiger partial charge in [-0.2, -0.15) is 10.2 Å². The average molecular weight is 444 g/mol. The molecule has 0 radical (unpaired) electrons. The van der Waals surface area contributed by atoms with Crippen molar-refractivity contribution in [2.45, 2.75) is 44.3 Å². The van der Waals surface area contributed by atoms with Crippen molar-refractivity contribution in [3.63, 3.8) is 0 Å². The first-order valence-corrected chi connectivity index (χ1v) is 10.6. The molecular formula is C25H24N4O4. The number of amides is 1. The van der Waals surface area contributed by atoms with E-state index in [1.54, 1.807) is 0 Å². The van der Waals surface area contributed by atoms with E-state index in [4.69, 9.17) is 25.2 Å². The average Bonchev–Trinajstić information content (AvgIpc) is 2.78. The molecule has 1 aliphatic rings. The molecule has 8 nitrogen and oxygen atoms in total. The van der Waals surface area contributed by atoms with Gasteiger partial charge < -0.3 is 19.9 Å². The summed E-state index contributed by atoms with van der Waals surface area (Å²) in [6, 6.07) is 19.4. The van der Waals surface area contributed by atoms with Gasteiger partial charge in [-0.3, -0.25) is 0 Å². The van der Waals surface area contributed by atoms with Crippen LogP contribution in [0.4, 0.5) is 4.79 Å². The summed E-state index contributed by atoms with van der Waals surface area (Å²) in [5.41, 5.74) is 7.29. The normalized spacial score (nSPS) is 17.4. The first-order chi connectivity index (χ1) is 15.8. The van der Waals surface area contributed by atoms with Gasteiger partial charge in [-0.1, -0.05) is 38.1 Å². The second-order valence-electron chi connectivity index (χ2n) is 8.38. The molecule has 0 bridgehead atoms. The summed E-state index contributed by atoms with van der Waals surface area (Å²) in [6.45, 7) is 4.30. The second-order valence-corrected chi connectivity index (χ2v) is 8.38. The molecule has 1 saturated carbocycles. The van der Waals surface area contributed by atoms with Gasteiger partial charge in [0.05, 0.1) is 0 Å². The zero-order chi connectivity index (χ0) is 23.4. The lowest BCUT2D eigenvalue weighted by atomic mass is 9.78. The number of ether oxygens (including phenoxy) is 3. The maximum atomic E-state index is 10.8. The van der Waals surface area contributed by atoms with Crippen LogP contribution in [0.1, 0.15) is 43.5 Å². The molecule has 0 spiro atoms. The molecular weight excluding hydrogens is 420 g/mol. The second kappa shape index (κ2) is 9.17. The number of rotatable bonds is 7. The van der Waals surface area contributed by atoms with Crippen molar-refractivity contribution in [3.05, 3.63) is 77.6 Å². The van der Waals surface area contributed by atoms with Crippen molar-refractivity contribution in [1.29, 1.82) is 5.26 Å². The van der Waals surface area contributed by atoms with Crippen molar-refractivity contribution in [1.82, 2.24) is 9.97 Å². The molecule has 1 aliphatic carbocycles. The lowest BCUT2D eigenvalue weighted by molar-refractivity contribution is -0.0197. The molecule has 0 unspecified atom stereocenters. The molecule has 0 atom stereocenters. The molecule has 1 heterocycles. The molecule has 2 aromatic carbocycles. The van der Waals surface area contributed by atoms with E-state index in [0.717, 1.165) is 16.9 Å². The van der Waals surface area contributed by atoms with Crippen molar-refractivity contribution in [2.24, 2.45) is 5.73 Å². The molecule has 1 fully saturated rings.